The molecule has 1 aliphatic rings. The highest BCUT2D eigenvalue weighted by Crippen LogP contribution is 2.37. The van der Waals surface area contributed by atoms with Gasteiger partial charge in [0.05, 0.1) is 10.5 Å². The molecule has 9 nitrogen and oxygen atoms in total. The molecule has 3 N–H and O–H groups in total. The van der Waals surface area contributed by atoms with Crippen LogP contribution in [0, 0.1) is 10.1 Å². The largest absolute Gasteiger partial charge is 0.313 e. The average molecular weight is 442 g/mol. The fourth-order valence-corrected chi connectivity index (χ4v) is 4.64. The number of hydrogen-bond acceptors (Lipinski definition) is 6. The molecule has 1 aliphatic carbocycles. The summed E-state index contributed by atoms with van der Waals surface area (Å²) in [5, 5.41) is 14.1. The van der Waals surface area contributed by atoms with E-state index >= 15 is 0 Å². The second kappa shape index (κ2) is 9.98. The van der Waals surface area contributed by atoms with E-state index < -0.39 is 22.6 Å². The fourth-order valence-electron chi connectivity index (χ4n) is 3.35. The highest BCUT2D eigenvalue weighted by molar-refractivity contribution is 7.17. The summed E-state index contributed by atoms with van der Waals surface area (Å²) in [6, 6.07) is 5.92. The molecule has 0 spiro atoms. The second-order valence-electron chi connectivity index (χ2n) is 7.08. The Morgan fingerprint density at radius 1 is 1.13 bits per heavy atom. The Balaban J connectivity index is 1.82. The number of fused-ring (bicyclic) bond motifs is 1. The summed E-state index contributed by atoms with van der Waals surface area (Å²) in [6.07, 6.45) is 7.33. The molecule has 3 rings (SSSR count). The Labute approximate surface area is 182 Å². The minimum absolute atomic E-state index is 0.0681. The number of nitrogens with one attached hydrogen (secondary N) is 3. The third-order valence-electron chi connectivity index (χ3n) is 4.75. The lowest BCUT2D eigenvalue weighted by atomic mass is 10.1. The van der Waals surface area contributed by atoms with Gasteiger partial charge in [-0.15, -0.1) is 11.3 Å². The van der Waals surface area contributed by atoms with E-state index in [2.05, 4.69) is 16.2 Å². The number of nitro benzene ring substituents is 1. The molecule has 10 heteroatoms. The van der Waals surface area contributed by atoms with Crippen molar-refractivity contribution in [2.24, 2.45) is 0 Å². The number of amides is 3. The van der Waals surface area contributed by atoms with Crippen LogP contribution in [-0.2, 0) is 22.4 Å². The monoisotopic (exact) mass is 442 g/mol. The maximum atomic E-state index is 12.7. The topological polar surface area (TPSA) is 130 Å². The molecule has 162 valence electrons. The zero-order chi connectivity index (χ0) is 22.4. The quantitative estimate of drug-likeness (QED) is 0.283. The van der Waals surface area contributed by atoms with Crippen molar-refractivity contribution in [3.05, 3.63) is 62.0 Å². The summed E-state index contributed by atoms with van der Waals surface area (Å²) in [4.78, 5) is 47.8. The molecule has 3 amide bonds. The molecule has 0 unspecified atom stereocenters. The van der Waals surface area contributed by atoms with Gasteiger partial charge in [-0.05, 0) is 42.9 Å². The summed E-state index contributed by atoms with van der Waals surface area (Å²) >= 11 is 1.37. The van der Waals surface area contributed by atoms with Gasteiger partial charge in [0.15, 0.2) is 0 Å². The standard InChI is InChI=1S/C21H22N4O5S/c1-13(26)23-24-20(28)19-16-8-3-2-4-9-17(16)31-21(19)22-18(27)11-10-14-6-5-7-15(12-14)25(29)30/h5-7,10-12H,2-4,8-9H2,1H3,(H,22,27)(H,23,26)(H,24,28)/b11-10+. The van der Waals surface area contributed by atoms with E-state index in [1.165, 1.54) is 48.6 Å². The lowest BCUT2D eigenvalue weighted by molar-refractivity contribution is -0.384. The van der Waals surface area contributed by atoms with Gasteiger partial charge >= 0.3 is 0 Å². The third kappa shape index (κ3) is 5.76. The normalized spacial score (nSPS) is 13.2. The average Bonchev–Trinajstić information content (AvgIpc) is 2.90. The van der Waals surface area contributed by atoms with Crippen LogP contribution in [0.3, 0.4) is 0 Å². The van der Waals surface area contributed by atoms with Crippen LogP contribution in [0.1, 0.15) is 52.5 Å². The SMILES string of the molecule is CC(=O)NNC(=O)c1c(NC(=O)/C=C/c2cccc([N+](=O)[O-])c2)sc2c1CCCCC2. The predicted molar refractivity (Wildman–Crippen MR) is 118 cm³/mol. The Morgan fingerprint density at radius 3 is 2.65 bits per heavy atom. The van der Waals surface area contributed by atoms with Crippen molar-refractivity contribution in [1.29, 1.82) is 0 Å². The fraction of sp³-hybridized carbons (Fsp3) is 0.286. The molecule has 0 bridgehead atoms. The first-order chi connectivity index (χ1) is 14.8. The molecule has 1 heterocycles. The number of benzene rings is 1. The number of non-ortho nitro benzene ring substituents is 1. The summed E-state index contributed by atoms with van der Waals surface area (Å²) < 4.78 is 0. The molecule has 0 radical (unpaired) electrons. The number of hydrazine groups is 1. The first-order valence-electron chi connectivity index (χ1n) is 9.80. The maximum absolute atomic E-state index is 12.7. The Hall–Kier alpha value is -3.53. The van der Waals surface area contributed by atoms with E-state index in [9.17, 15) is 24.5 Å². The minimum atomic E-state index is -0.504. The molecule has 0 aliphatic heterocycles. The van der Waals surface area contributed by atoms with Gasteiger partial charge in [0.1, 0.15) is 5.00 Å². The van der Waals surface area contributed by atoms with Gasteiger partial charge in [0.2, 0.25) is 11.8 Å². The number of rotatable bonds is 5. The molecule has 1 aromatic carbocycles. The molecule has 0 saturated carbocycles. The van der Waals surface area contributed by atoms with Gasteiger partial charge in [0, 0.05) is 30.0 Å². The number of nitro groups is 1. The van der Waals surface area contributed by atoms with Gasteiger partial charge in [-0.3, -0.25) is 35.3 Å². The van der Waals surface area contributed by atoms with E-state index in [0.29, 0.717) is 16.1 Å². The number of hydrogen-bond donors (Lipinski definition) is 3. The van der Waals surface area contributed by atoms with Crippen molar-refractivity contribution in [2.45, 2.75) is 39.0 Å². The molecule has 0 atom stereocenters. The summed E-state index contributed by atoms with van der Waals surface area (Å²) in [5.41, 5.74) is 6.38. The summed E-state index contributed by atoms with van der Waals surface area (Å²) in [6.45, 7) is 1.29. The first-order valence-corrected chi connectivity index (χ1v) is 10.6. The summed E-state index contributed by atoms with van der Waals surface area (Å²) in [7, 11) is 0. The lowest BCUT2D eigenvalue weighted by Crippen LogP contribution is -2.40. The lowest BCUT2D eigenvalue weighted by Gasteiger charge is -2.09. The van der Waals surface area contributed by atoms with Crippen LogP contribution >= 0.6 is 11.3 Å². The predicted octanol–water partition coefficient (Wildman–Crippen LogP) is 3.36. The highest BCUT2D eigenvalue weighted by Gasteiger charge is 2.25. The van der Waals surface area contributed by atoms with Crippen LogP contribution in [0.2, 0.25) is 0 Å². The van der Waals surface area contributed by atoms with Crippen molar-refractivity contribution < 1.29 is 19.3 Å². The second-order valence-corrected chi connectivity index (χ2v) is 8.18. The minimum Gasteiger partial charge on any atom is -0.313 e. The molecule has 0 saturated heterocycles. The molecular weight excluding hydrogens is 420 g/mol. The molecule has 0 fully saturated rings. The number of anilines is 1. The number of carbonyl (C=O) groups is 3. The van der Waals surface area contributed by atoms with E-state index in [-0.39, 0.29) is 5.69 Å². The molecule has 2 aromatic rings. The maximum Gasteiger partial charge on any atom is 0.272 e. The van der Waals surface area contributed by atoms with Gasteiger partial charge in [0.25, 0.3) is 11.6 Å². The van der Waals surface area contributed by atoms with Crippen molar-refractivity contribution in [3.63, 3.8) is 0 Å². The van der Waals surface area contributed by atoms with Gasteiger partial charge in [-0.2, -0.15) is 0 Å². The number of nitrogens with zero attached hydrogens (tertiary/aromatic N) is 1. The number of aryl methyl sites for hydroxylation is 1. The summed E-state index contributed by atoms with van der Waals surface area (Å²) in [5.74, 6) is -1.34. The zero-order valence-corrected chi connectivity index (χ0v) is 17.7. The van der Waals surface area contributed by atoms with Crippen LogP contribution in [0.5, 0.6) is 0 Å². The van der Waals surface area contributed by atoms with Crippen molar-refractivity contribution in [3.8, 4) is 0 Å². The van der Waals surface area contributed by atoms with E-state index in [0.717, 1.165) is 42.5 Å². The zero-order valence-electron chi connectivity index (χ0n) is 16.9. The number of thiophene rings is 1. The third-order valence-corrected chi connectivity index (χ3v) is 5.95. The van der Waals surface area contributed by atoms with Crippen LogP contribution < -0.4 is 16.2 Å². The molecule has 1 aromatic heterocycles. The Kier molecular flexibility index (Phi) is 7.14. The first kappa shape index (κ1) is 22.2. The van der Waals surface area contributed by atoms with E-state index in [1.807, 2.05) is 0 Å². The van der Waals surface area contributed by atoms with Crippen LogP contribution in [0.25, 0.3) is 6.08 Å². The van der Waals surface area contributed by atoms with Crippen LogP contribution in [0.15, 0.2) is 30.3 Å². The van der Waals surface area contributed by atoms with Gasteiger partial charge in [-0.25, -0.2) is 0 Å². The number of carbonyl (C=O) groups excluding carboxylic acids is 3. The van der Waals surface area contributed by atoms with Crippen LogP contribution in [0.4, 0.5) is 10.7 Å². The highest BCUT2D eigenvalue weighted by atomic mass is 32.1. The van der Waals surface area contributed by atoms with Crippen LogP contribution in [-0.4, -0.2) is 22.6 Å². The molecular formula is C21H22N4O5S. The van der Waals surface area contributed by atoms with Gasteiger partial charge in [-0.1, -0.05) is 18.6 Å². The Morgan fingerprint density at radius 2 is 1.90 bits per heavy atom. The van der Waals surface area contributed by atoms with Crippen molar-refractivity contribution >= 4 is 45.8 Å². The Bertz CT molecular complexity index is 1060. The smallest absolute Gasteiger partial charge is 0.272 e. The van der Waals surface area contributed by atoms with E-state index in [1.54, 1.807) is 6.07 Å². The van der Waals surface area contributed by atoms with Crippen molar-refractivity contribution in [1.82, 2.24) is 10.9 Å². The molecule has 31 heavy (non-hydrogen) atoms. The van der Waals surface area contributed by atoms with Crippen molar-refractivity contribution in [2.75, 3.05) is 5.32 Å². The van der Waals surface area contributed by atoms with E-state index in [4.69, 9.17) is 0 Å². The van der Waals surface area contributed by atoms with Gasteiger partial charge < -0.3 is 5.32 Å².